The Kier molecular flexibility index (Phi) is 4.00. The maximum Gasteiger partial charge on any atom is 0.0628 e. The third kappa shape index (κ3) is 3.16. The van der Waals surface area contributed by atoms with E-state index in [-0.39, 0.29) is 0 Å². The van der Waals surface area contributed by atoms with Crippen molar-refractivity contribution in [1.82, 2.24) is 10.2 Å². The number of piperidine rings is 2. The number of ether oxygens (including phenoxy) is 1. The van der Waals surface area contributed by atoms with Gasteiger partial charge in [-0.15, -0.1) is 0 Å². The zero-order valence-electron chi connectivity index (χ0n) is 10.0. The van der Waals surface area contributed by atoms with Crippen LogP contribution in [0.3, 0.4) is 0 Å². The van der Waals surface area contributed by atoms with Crippen molar-refractivity contribution in [3.05, 3.63) is 0 Å². The molecule has 0 radical (unpaired) electrons. The molecule has 88 valence electrons. The number of hydrogen-bond acceptors (Lipinski definition) is 3. The third-order valence-electron chi connectivity index (χ3n) is 3.74. The van der Waals surface area contributed by atoms with Gasteiger partial charge in [0.2, 0.25) is 0 Å². The molecule has 15 heavy (non-hydrogen) atoms. The van der Waals surface area contributed by atoms with Gasteiger partial charge in [0.1, 0.15) is 0 Å². The Morgan fingerprint density at radius 2 is 1.93 bits per heavy atom. The molecule has 2 aliphatic heterocycles. The minimum absolute atomic E-state index is 0.500. The molecule has 1 N–H and O–H groups in total. The van der Waals surface area contributed by atoms with Crippen molar-refractivity contribution in [2.75, 3.05) is 33.2 Å². The summed E-state index contributed by atoms with van der Waals surface area (Å²) in [5, 5.41) is 3.42. The van der Waals surface area contributed by atoms with E-state index >= 15 is 0 Å². The number of hydrogen-bond donors (Lipinski definition) is 1. The van der Waals surface area contributed by atoms with Crippen molar-refractivity contribution in [1.29, 1.82) is 0 Å². The minimum atomic E-state index is 0.500. The summed E-state index contributed by atoms with van der Waals surface area (Å²) in [6, 6.07) is 0. The molecule has 2 atom stereocenters. The summed E-state index contributed by atoms with van der Waals surface area (Å²) >= 11 is 0. The van der Waals surface area contributed by atoms with Crippen LogP contribution >= 0.6 is 0 Å². The summed E-state index contributed by atoms with van der Waals surface area (Å²) in [5.74, 6) is 0.679. The van der Waals surface area contributed by atoms with Gasteiger partial charge in [0.15, 0.2) is 0 Å². The van der Waals surface area contributed by atoms with Crippen LogP contribution in [0.15, 0.2) is 0 Å². The number of likely N-dealkylation sites (tertiary alicyclic amines) is 1. The number of nitrogens with one attached hydrogen (secondary N) is 1. The zero-order valence-corrected chi connectivity index (χ0v) is 10.0. The second-order valence-electron chi connectivity index (χ2n) is 5.15. The Morgan fingerprint density at radius 1 is 1.20 bits per heavy atom. The Bertz CT molecular complexity index is 190. The molecular weight excluding hydrogens is 188 g/mol. The van der Waals surface area contributed by atoms with Gasteiger partial charge in [-0.2, -0.15) is 0 Å². The van der Waals surface area contributed by atoms with E-state index in [1.165, 1.54) is 32.4 Å². The van der Waals surface area contributed by atoms with Crippen LogP contribution in [0.4, 0.5) is 0 Å². The SMILES string of the molecule is CC1CNCCC1OC1CCN(C)CC1. The van der Waals surface area contributed by atoms with Crippen LogP contribution in [-0.4, -0.2) is 50.3 Å². The highest BCUT2D eigenvalue weighted by Gasteiger charge is 2.26. The summed E-state index contributed by atoms with van der Waals surface area (Å²) in [4.78, 5) is 2.39. The maximum absolute atomic E-state index is 6.23. The first-order valence-electron chi connectivity index (χ1n) is 6.30. The second kappa shape index (κ2) is 5.28. The van der Waals surface area contributed by atoms with Gasteiger partial charge in [-0.1, -0.05) is 6.92 Å². The van der Waals surface area contributed by atoms with E-state index in [9.17, 15) is 0 Å². The number of nitrogens with zero attached hydrogens (tertiary/aromatic N) is 1. The van der Waals surface area contributed by atoms with Crippen molar-refractivity contribution in [2.45, 2.75) is 38.4 Å². The van der Waals surface area contributed by atoms with Crippen LogP contribution in [0.1, 0.15) is 26.2 Å². The Labute approximate surface area is 93.2 Å². The Hall–Kier alpha value is -0.120. The normalized spacial score (nSPS) is 35.6. The fourth-order valence-corrected chi connectivity index (χ4v) is 2.56. The molecular formula is C12H24N2O. The van der Waals surface area contributed by atoms with E-state index in [0.717, 1.165) is 13.1 Å². The molecule has 0 aliphatic carbocycles. The van der Waals surface area contributed by atoms with Gasteiger partial charge in [0.05, 0.1) is 12.2 Å². The van der Waals surface area contributed by atoms with E-state index in [0.29, 0.717) is 18.1 Å². The lowest BCUT2D eigenvalue weighted by atomic mass is 9.97. The molecule has 0 spiro atoms. The fraction of sp³-hybridized carbons (Fsp3) is 1.00. The van der Waals surface area contributed by atoms with Crippen LogP contribution < -0.4 is 5.32 Å². The Morgan fingerprint density at radius 3 is 2.60 bits per heavy atom. The van der Waals surface area contributed by atoms with Gasteiger partial charge in [0, 0.05) is 19.6 Å². The van der Waals surface area contributed by atoms with Gasteiger partial charge in [0.25, 0.3) is 0 Å². The lowest BCUT2D eigenvalue weighted by Crippen LogP contribution is -2.43. The average molecular weight is 212 g/mol. The minimum Gasteiger partial charge on any atom is -0.375 e. The van der Waals surface area contributed by atoms with Crippen LogP contribution in [0.5, 0.6) is 0 Å². The summed E-state index contributed by atoms with van der Waals surface area (Å²) in [6.07, 6.45) is 4.64. The molecule has 2 unspecified atom stereocenters. The van der Waals surface area contributed by atoms with Gasteiger partial charge < -0.3 is 15.0 Å². The summed E-state index contributed by atoms with van der Waals surface area (Å²) in [7, 11) is 2.20. The maximum atomic E-state index is 6.23. The van der Waals surface area contributed by atoms with Crippen LogP contribution in [0.25, 0.3) is 0 Å². The predicted octanol–water partition coefficient (Wildman–Crippen LogP) is 1.10. The molecule has 2 saturated heterocycles. The van der Waals surface area contributed by atoms with Crippen molar-refractivity contribution < 1.29 is 4.74 Å². The van der Waals surface area contributed by atoms with E-state index in [2.05, 4.69) is 24.2 Å². The summed E-state index contributed by atoms with van der Waals surface area (Å²) in [5.41, 5.74) is 0. The molecule has 2 rings (SSSR count). The molecule has 2 fully saturated rings. The first-order valence-corrected chi connectivity index (χ1v) is 6.30. The van der Waals surface area contributed by atoms with Crippen molar-refractivity contribution in [3.63, 3.8) is 0 Å². The zero-order chi connectivity index (χ0) is 10.7. The van der Waals surface area contributed by atoms with Gasteiger partial charge in [-0.25, -0.2) is 0 Å². The summed E-state index contributed by atoms with van der Waals surface area (Å²) in [6.45, 7) is 6.94. The topological polar surface area (TPSA) is 24.5 Å². The van der Waals surface area contributed by atoms with Crippen LogP contribution in [0, 0.1) is 5.92 Å². The fourth-order valence-electron chi connectivity index (χ4n) is 2.56. The molecule has 2 aliphatic rings. The van der Waals surface area contributed by atoms with E-state index < -0.39 is 0 Å². The molecule has 3 nitrogen and oxygen atoms in total. The predicted molar refractivity (Wildman–Crippen MR) is 62.0 cm³/mol. The van der Waals surface area contributed by atoms with E-state index in [4.69, 9.17) is 4.74 Å². The molecule has 0 saturated carbocycles. The van der Waals surface area contributed by atoms with Crippen LogP contribution in [0.2, 0.25) is 0 Å². The molecule has 3 heteroatoms. The third-order valence-corrected chi connectivity index (χ3v) is 3.74. The molecule has 0 aromatic rings. The smallest absolute Gasteiger partial charge is 0.0628 e. The van der Waals surface area contributed by atoms with Crippen molar-refractivity contribution in [3.8, 4) is 0 Å². The van der Waals surface area contributed by atoms with Crippen LogP contribution in [-0.2, 0) is 4.74 Å². The lowest BCUT2D eigenvalue weighted by Gasteiger charge is -2.36. The number of rotatable bonds is 2. The van der Waals surface area contributed by atoms with Crippen molar-refractivity contribution >= 4 is 0 Å². The highest BCUT2D eigenvalue weighted by molar-refractivity contribution is 4.78. The molecule has 0 aromatic carbocycles. The first-order chi connectivity index (χ1) is 7.25. The van der Waals surface area contributed by atoms with Gasteiger partial charge in [-0.05, 0) is 38.8 Å². The highest BCUT2D eigenvalue weighted by atomic mass is 16.5. The monoisotopic (exact) mass is 212 g/mol. The molecule has 0 bridgehead atoms. The van der Waals surface area contributed by atoms with Gasteiger partial charge in [-0.3, -0.25) is 0 Å². The largest absolute Gasteiger partial charge is 0.375 e. The van der Waals surface area contributed by atoms with E-state index in [1.807, 2.05) is 0 Å². The van der Waals surface area contributed by atoms with E-state index in [1.54, 1.807) is 0 Å². The Balaban J connectivity index is 1.75. The van der Waals surface area contributed by atoms with Gasteiger partial charge >= 0.3 is 0 Å². The standard InChI is InChI=1S/C12H24N2O/c1-10-9-13-6-3-12(10)15-11-4-7-14(2)8-5-11/h10-13H,3-9H2,1-2H3. The molecule has 0 amide bonds. The van der Waals surface area contributed by atoms with Crippen molar-refractivity contribution in [2.24, 2.45) is 5.92 Å². The second-order valence-corrected chi connectivity index (χ2v) is 5.15. The quantitative estimate of drug-likeness (QED) is 0.742. The average Bonchev–Trinajstić information content (AvgIpc) is 2.25. The molecule has 0 aromatic heterocycles. The summed E-state index contributed by atoms with van der Waals surface area (Å²) < 4.78 is 6.23. The highest BCUT2D eigenvalue weighted by Crippen LogP contribution is 2.21. The molecule has 2 heterocycles. The lowest BCUT2D eigenvalue weighted by molar-refractivity contribution is -0.0710. The first kappa shape index (κ1) is 11.4.